The Balaban J connectivity index is 1.92. The van der Waals surface area contributed by atoms with Gasteiger partial charge in [0.2, 0.25) is 0 Å². The van der Waals surface area contributed by atoms with Gasteiger partial charge in [-0.05, 0) is 25.1 Å². The number of anilines is 1. The number of hydrogen-bond acceptors (Lipinski definition) is 3. The van der Waals surface area contributed by atoms with Gasteiger partial charge >= 0.3 is 0 Å². The zero-order valence-corrected chi connectivity index (χ0v) is 11.6. The van der Waals surface area contributed by atoms with Crippen LogP contribution in [0.15, 0.2) is 42.5 Å². The molecule has 3 aromatic rings. The molecule has 0 aliphatic heterocycles. The molecule has 2 aromatic carbocycles. The molecule has 1 aromatic heterocycles. The van der Waals surface area contributed by atoms with Crippen LogP contribution in [0, 0.1) is 6.92 Å². The zero-order valence-electron chi connectivity index (χ0n) is 11.6. The summed E-state index contributed by atoms with van der Waals surface area (Å²) in [7, 11) is 1.92. The molecule has 20 heavy (non-hydrogen) atoms. The van der Waals surface area contributed by atoms with Crippen LogP contribution in [-0.4, -0.2) is 9.78 Å². The molecule has 0 aliphatic rings. The third-order valence-corrected chi connectivity index (χ3v) is 3.39. The highest BCUT2D eigenvalue weighted by Gasteiger charge is 2.07. The van der Waals surface area contributed by atoms with Gasteiger partial charge in [-0.15, -0.1) is 0 Å². The second-order valence-corrected chi connectivity index (χ2v) is 4.89. The second-order valence-electron chi connectivity index (χ2n) is 4.89. The van der Waals surface area contributed by atoms with Crippen LogP contribution in [0.2, 0.25) is 0 Å². The second kappa shape index (κ2) is 4.89. The number of benzene rings is 2. The van der Waals surface area contributed by atoms with Crippen LogP contribution in [-0.2, 0) is 13.7 Å². The van der Waals surface area contributed by atoms with Gasteiger partial charge in [-0.3, -0.25) is 4.68 Å². The average Bonchev–Trinajstić information content (AvgIpc) is 2.77. The molecule has 0 atom stereocenters. The van der Waals surface area contributed by atoms with Gasteiger partial charge in [-0.2, -0.15) is 5.10 Å². The molecule has 0 bridgehead atoms. The lowest BCUT2D eigenvalue weighted by molar-refractivity contribution is 0.298. The van der Waals surface area contributed by atoms with E-state index >= 15 is 0 Å². The summed E-state index contributed by atoms with van der Waals surface area (Å²) in [5, 5.41) is 6.37. The fourth-order valence-corrected chi connectivity index (χ4v) is 2.37. The van der Waals surface area contributed by atoms with E-state index in [1.165, 1.54) is 0 Å². The van der Waals surface area contributed by atoms with Crippen LogP contribution < -0.4 is 10.5 Å². The number of fused-ring (bicyclic) bond motifs is 1. The lowest BCUT2D eigenvalue weighted by Crippen LogP contribution is -2.03. The average molecular weight is 267 g/mol. The highest BCUT2D eigenvalue weighted by atomic mass is 16.5. The fraction of sp³-hybridized carbons (Fsp3) is 0.188. The number of aryl methyl sites for hydroxylation is 2. The zero-order chi connectivity index (χ0) is 14.1. The number of hydrogen-bond donors (Lipinski definition) is 1. The first-order valence-corrected chi connectivity index (χ1v) is 6.54. The molecule has 4 heteroatoms. The lowest BCUT2D eigenvalue weighted by Gasteiger charge is -2.11. The van der Waals surface area contributed by atoms with Crippen molar-refractivity contribution in [2.24, 2.45) is 7.05 Å². The van der Waals surface area contributed by atoms with E-state index in [1.54, 1.807) is 0 Å². The minimum atomic E-state index is 0.491. The molecule has 2 N–H and O–H groups in total. The minimum Gasteiger partial charge on any atom is -0.487 e. The summed E-state index contributed by atoms with van der Waals surface area (Å²) >= 11 is 0. The Morgan fingerprint density at radius 2 is 1.90 bits per heavy atom. The maximum atomic E-state index is 5.99. The molecule has 0 saturated heterocycles. The SMILES string of the molecule is Cc1cc(COc2ccc(N)c3ccccc23)n(C)n1. The van der Waals surface area contributed by atoms with Gasteiger partial charge in [0.25, 0.3) is 0 Å². The van der Waals surface area contributed by atoms with E-state index in [9.17, 15) is 0 Å². The standard InChI is InChI=1S/C16H17N3O/c1-11-9-12(19(2)18-11)10-20-16-8-7-15(17)13-5-3-4-6-14(13)16/h3-9H,10,17H2,1-2H3. The Bertz CT molecular complexity index is 762. The number of nitrogen functional groups attached to an aromatic ring is 1. The van der Waals surface area contributed by atoms with Crippen molar-refractivity contribution in [2.45, 2.75) is 13.5 Å². The van der Waals surface area contributed by atoms with Gasteiger partial charge in [0, 0.05) is 23.5 Å². The summed E-state index contributed by atoms with van der Waals surface area (Å²) in [5.74, 6) is 0.841. The summed E-state index contributed by atoms with van der Waals surface area (Å²) in [6, 6.07) is 13.8. The third-order valence-electron chi connectivity index (χ3n) is 3.39. The maximum Gasteiger partial charge on any atom is 0.130 e. The van der Waals surface area contributed by atoms with Crippen molar-refractivity contribution in [2.75, 3.05) is 5.73 Å². The van der Waals surface area contributed by atoms with Crippen molar-refractivity contribution in [1.82, 2.24) is 9.78 Å². The molecule has 0 spiro atoms. The molecule has 0 radical (unpaired) electrons. The predicted molar refractivity (Wildman–Crippen MR) is 80.6 cm³/mol. The van der Waals surface area contributed by atoms with Crippen molar-refractivity contribution >= 4 is 16.5 Å². The van der Waals surface area contributed by atoms with Crippen LogP contribution in [0.4, 0.5) is 5.69 Å². The highest BCUT2D eigenvalue weighted by Crippen LogP contribution is 2.30. The molecule has 0 saturated carbocycles. The summed E-state index contributed by atoms with van der Waals surface area (Å²) in [6.07, 6.45) is 0. The summed E-state index contributed by atoms with van der Waals surface area (Å²) in [4.78, 5) is 0. The first kappa shape index (κ1) is 12.5. The van der Waals surface area contributed by atoms with Crippen molar-refractivity contribution < 1.29 is 4.74 Å². The monoisotopic (exact) mass is 267 g/mol. The van der Waals surface area contributed by atoms with E-state index < -0.39 is 0 Å². The van der Waals surface area contributed by atoms with Crippen LogP contribution >= 0.6 is 0 Å². The Morgan fingerprint density at radius 3 is 2.60 bits per heavy atom. The summed E-state index contributed by atoms with van der Waals surface area (Å²) in [6.45, 7) is 2.47. The molecular weight excluding hydrogens is 250 g/mol. The lowest BCUT2D eigenvalue weighted by atomic mass is 10.1. The number of nitrogens with two attached hydrogens (primary N) is 1. The molecule has 102 valence electrons. The molecule has 1 heterocycles. The van der Waals surface area contributed by atoms with Gasteiger partial charge in [-0.25, -0.2) is 0 Å². The van der Waals surface area contributed by atoms with E-state index in [0.717, 1.165) is 33.6 Å². The largest absolute Gasteiger partial charge is 0.487 e. The molecule has 3 rings (SSSR count). The number of ether oxygens (including phenoxy) is 1. The molecule has 0 aliphatic carbocycles. The Labute approximate surface area is 117 Å². The van der Waals surface area contributed by atoms with Crippen molar-refractivity contribution in [3.05, 3.63) is 53.9 Å². The van der Waals surface area contributed by atoms with Crippen molar-refractivity contribution in [3.8, 4) is 5.75 Å². The van der Waals surface area contributed by atoms with Crippen molar-refractivity contribution in [1.29, 1.82) is 0 Å². The van der Waals surface area contributed by atoms with E-state index in [-0.39, 0.29) is 0 Å². The molecule has 0 fully saturated rings. The molecular formula is C16H17N3O. The highest BCUT2D eigenvalue weighted by molar-refractivity contribution is 5.96. The summed E-state index contributed by atoms with van der Waals surface area (Å²) in [5.41, 5.74) is 8.80. The van der Waals surface area contributed by atoms with Crippen molar-refractivity contribution in [3.63, 3.8) is 0 Å². The van der Waals surface area contributed by atoms with Gasteiger partial charge in [0.15, 0.2) is 0 Å². The Morgan fingerprint density at radius 1 is 1.15 bits per heavy atom. The van der Waals surface area contributed by atoms with E-state index in [4.69, 9.17) is 10.5 Å². The number of aromatic nitrogens is 2. The molecule has 0 amide bonds. The maximum absolute atomic E-state index is 5.99. The Hall–Kier alpha value is -2.49. The predicted octanol–water partition coefficient (Wildman–Crippen LogP) is 3.04. The summed E-state index contributed by atoms with van der Waals surface area (Å²) < 4.78 is 7.78. The first-order chi connectivity index (χ1) is 9.65. The number of rotatable bonds is 3. The van der Waals surface area contributed by atoms with Gasteiger partial charge < -0.3 is 10.5 Å². The van der Waals surface area contributed by atoms with Crippen LogP contribution in [0.25, 0.3) is 10.8 Å². The van der Waals surface area contributed by atoms with Crippen LogP contribution in [0.5, 0.6) is 5.75 Å². The van der Waals surface area contributed by atoms with E-state index in [0.29, 0.717) is 6.61 Å². The first-order valence-electron chi connectivity index (χ1n) is 6.54. The van der Waals surface area contributed by atoms with Gasteiger partial charge in [0.05, 0.1) is 11.4 Å². The molecule has 0 unspecified atom stereocenters. The van der Waals surface area contributed by atoms with Crippen LogP contribution in [0.3, 0.4) is 0 Å². The van der Waals surface area contributed by atoms with E-state index in [1.807, 2.05) is 61.1 Å². The minimum absolute atomic E-state index is 0.491. The smallest absolute Gasteiger partial charge is 0.130 e. The molecule has 4 nitrogen and oxygen atoms in total. The van der Waals surface area contributed by atoms with E-state index in [2.05, 4.69) is 5.10 Å². The topological polar surface area (TPSA) is 53.1 Å². The quantitative estimate of drug-likeness (QED) is 0.742. The van der Waals surface area contributed by atoms with Gasteiger partial charge in [-0.1, -0.05) is 24.3 Å². The third kappa shape index (κ3) is 2.20. The fourth-order valence-electron chi connectivity index (χ4n) is 2.37. The van der Waals surface area contributed by atoms with Gasteiger partial charge in [0.1, 0.15) is 12.4 Å². The van der Waals surface area contributed by atoms with Crippen LogP contribution in [0.1, 0.15) is 11.4 Å². The Kier molecular flexibility index (Phi) is 3.06. The normalized spacial score (nSPS) is 10.9. The number of nitrogens with zero attached hydrogens (tertiary/aromatic N) is 2.